The van der Waals surface area contributed by atoms with Crippen molar-refractivity contribution in [2.45, 2.75) is 42.9 Å². The number of carbonyl (C=O) groups is 6. The Hall–Kier alpha value is -10.9. The van der Waals surface area contributed by atoms with Crippen molar-refractivity contribution in [1.82, 2.24) is 0 Å². The molecule has 30 heteroatoms. The summed E-state index contributed by atoms with van der Waals surface area (Å²) in [5.74, 6) is -33.3. The van der Waals surface area contributed by atoms with Gasteiger partial charge in [-0.25, -0.2) is 19.2 Å². The normalized spacial score (nSPS) is 24.6. The number of rotatable bonds is 0. The van der Waals surface area contributed by atoms with E-state index in [1.807, 2.05) is 0 Å². The van der Waals surface area contributed by atoms with Crippen molar-refractivity contribution < 1.29 is 149 Å². The number of carboxylic acids is 2. The summed E-state index contributed by atoms with van der Waals surface area (Å²) in [5, 5.41) is 189. The lowest BCUT2D eigenvalue weighted by molar-refractivity contribution is -0.284. The van der Waals surface area contributed by atoms with Gasteiger partial charge in [0.05, 0.1) is 39.0 Å². The monoisotopic (exact) mass is 1090 g/mol. The van der Waals surface area contributed by atoms with Crippen LogP contribution in [0, 0.1) is 0 Å². The second kappa shape index (κ2) is 16.6. The van der Waals surface area contributed by atoms with Gasteiger partial charge in [0.2, 0.25) is 46.7 Å². The van der Waals surface area contributed by atoms with Crippen LogP contribution in [0.5, 0.6) is 69.0 Å². The van der Waals surface area contributed by atoms with Crippen LogP contribution in [0.4, 0.5) is 0 Å². The highest BCUT2D eigenvalue weighted by molar-refractivity contribution is 6.17. The van der Waals surface area contributed by atoms with Crippen LogP contribution in [0.25, 0.3) is 22.3 Å². The Labute approximate surface area is 427 Å². The van der Waals surface area contributed by atoms with Gasteiger partial charge in [-0.2, -0.15) is 0 Å². The molecule has 4 aromatic carbocycles. The molecule has 0 amide bonds. The predicted molar refractivity (Wildman–Crippen MR) is 241 cm³/mol. The summed E-state index contributed by atoms with van der Waals surface area (Å²) < 4.78 is 35.5. The molecule has 1 fully saturated rings. The maximum absolute atomic E-state index is 15.0. The van der Waals surface area contributed by atoms with Gasteiger partial charge >= 0.3 is 35.8 Å². The zero-order valence-corrected chi connectivity index (χ0v) is 38.0. The number of aromatic hydroxyl groups is 12. The first kappa shape index (κ1) is 49.3. The minimum Gasteiger partial charge on any atom is -0.540 e. The standard InChI is InChI=1S/C48H30O30/c49-11-2-7-16(29(57)26(11)54)17-8(3-12(50)27(55)30(17)58)45(68)78-41-40(77-44(7)67)37-14(73-48(41)71)5-72-42(65)10-1-6(24(52)34(62)25(10)53)15-22-20-21-23(47(70)76-38(20)35(63)32(15)60)19(33(61)36(64)39(21)75-46(22)69)18-9(43(66)74-37)4-13(51)28(56)31(18)59/h1-4,14,37-41,48-64,71H,5H2/p+2. The summed E-state index contributed by atoms with van der Waals surface area (Å²) in [4.78, 5) is 86.4. The molecule has 5 heterocycles. The summed E-state index contributed by atoms with van der Waals surface area (Å²) in [6.07, 6.45) is -17.1. The molecule has 1 saturated heterocycles. The third-order valence-electron chi connectivity index (χ3n) is 13.6. The zero-order chi connectivity index (χ0) is 56.3. The zero-order valence-electron chi connectivity index (χ0n) is 38.0. The first-order valence-electron chi connectivity index (χ1n) is 22.0. The number of benzene rings is 4. The number of phenols is 12. The number of phenolic OH excluding ortho intramolecular Hbond substituents is 12. The third kappa shape index (κ3) is 6.55. The quantitative estimate of drug-likeness (QED) is 0.0479. The molecule has 30 nitrogen and oxygen atoms in total. The Morgan fingerprint density at radius 2 is 0.808 bits per heavy atom. The van der Waals surface area contributed by atoms with Crippen LogP contribution in [0.3, 0.4) is 0 Å². The van der Waals surface area contributed by atoms with Crippen LogP contribution in [-0.4, -0.2) is 182 Å². The van der Waals surface area contributed by atoms with Crippen molar-refractivity contribution in [1.29, 1.82) is 0 Å². The van der Waals surface area contributed by atoms with E-state index in [1.54, 1.807) is 0 Å². The number of ether oxygens (including phenoxy) is 7. The number of cyclic esters (lactones) is 1. The first-order valence-corrected chi connectivity index (χ1v) is 22.0. The van der Waals surface area contributed by atoms with E-state index in [-0.39, 0.29) is 0 Å². The van der Waals surface area contributed by atoms with Crippen LogP contribution in [-0.2, 0) is 33.3 Å². The van der Waals surface area contributed by atoms with Gasteiger partial charge in [0.25, 0.3) is 0 Å². The van der Waals surface area contributed by atoms with Crippen LogP contribution in [0.2, 0.25) is 0 Å². The Bertz CT molecular complexity index is 3780. The second-order valence-electron chi connectivity index (χ2n) is 17.8. The van der Waals surface area contributed by atoms with Crippen LogP contribution in [0.15, 0.2) is 69.6 Å². The van der Waals surface area contributed by atoms with E-state index < -0.39 is 255 Å². The fourth-order valence-corrected chi connectivity index (χ4v) is 10.1. The molecule has 0 spiro atoms. The molecule has 7 atom stereocenters. The van der Waals surface area contributed by atoms with Crippen molar-refractivity contribution in [2.24, 2.45) is 0 Å². The molecule has 402 valence electrons. The lowest BCUT2D eigenvalue weighted by Crippen LogP contribution is -2.62. The van der Waals surface area contributed by atoms with Gasteiger partial charge < -0.3 is 120 Å². The molecule has 4 aromatic rings. The summed E-state index contributed by atoms with van der Waals surface area (Å²) >= 11 is 0. The van der Waals surface area contributed by atoms with Crippen molar-refractivity contribution in [3.8, 4) is 80.1 Å². The Kier molecular flexibility index (Phi) is 10.5. The number of esters is 4. The van der Waals surface area contributed by atoms with E-state index in [2.05, 4.69) is 9.47 Å². The lowest BCUT2D eigenvalue weighted by atomic mass is 9.72. The third-order valence-corrected chi connectivity index (χ3v) is 13.6. The summed E-state index contributed by atoms with van der Waals surface area (Å²) in [6, 6.07) is 1.58. The smallest absolute Gasteiger partial charge is 0.540 e. The van der Waals surface area contributed by atoms with Gasteiger partial charge in [0.1, 0.15) is 29.4 Å². The van der Waals surface area contributed by atoms with Crippen molar-refractivity contribution in [2.75, 3.05) is 6.61 Å². The minimum absolute atomic E-state index is 0.319. The van der Waals surface area contributed by atoms with E-state index in [4.69, 9.17) is 23.7 Å². The minimum atomic E-state index is -2.68. The number of fused-ring (bicyclic) bond motifs is 11. The maximum atomic E-state index is 15.0. The molecule has 7 unspecified atom stereocenters. The van der Waals surface area contributed by atoms with Crippen LogP contribution in [0.1, 0.15) is 52.6 Å². The molecule has 0 aromatic heterocycles. The van der Waals surface area contributed by atoms with Crippen LogP contribution >= 0.6 is 0 Å². The highest BCUT2D eigenvalue weighted by Gasteiger charge is 2.61. The van der Waals surface area contributed by atoms with Crippen LogP contribution < -0.4 is 0 Å². The summed E-state index contributed by atoms with van der Waals surface area (Å²) in [5.41, 5.74) is -14.6. The highest BCUT2D eigenvalue weighted by atomic mass is 16.7. The van der Waals surface area contributed by atoms with Gasteiger partial charge in [0.15, 0.2) is 82.1 Å². The number of aliphatic carboxylic acids is 2. The highest BCUT2D eigenvalue weighted by Crippen LogP contribution is 2.58. The predicted octanol–water partition coefficient (Wildman–Crippen LogP) is 0.0584. The first-order chi connectivity index (χ1) is 36.8. The number of hydrogen-bond donors (Lipinski definition) is 17. The van der Waals surface area contributed by atoms with E-state index in [1.165, 1.54) is 0 Å². The number of aliphatic hydroxyl groups excluding tert-OH is 5. The van der Waals surface area contributed by atoms with Crippen molar-refractivity contribution in [3.05, 3.63) is 103 Å². The second-order valence-corrected chi connectivity index (χ2v) is 17.8. The van der Waals surface area contributed by atoms with Gasteiger partial charge in [-0.05, 0) is 24.3 Å². The molecule has 19 N–H and O–H groups in total. The molecule has 0 radical (unpaired) electrons. The van der Waals surface area contributed by atoms with Crippen molar-refractivity contribution >= 4 is 47.0 Å². The van der Waals surface area contributed by atoms with Gasteiger partial charge in [0, 0.05) is 31.8 Å². The molecule has 0 saturated carbocycles. The van der Waals surface area contributed by atoms with E-state index in [9.17, 15) is 116 Å². The largest absolute Gasteiger partial charge is 0.552 e. The van der Waals surface area contributed by atoms with E-state index >= 15 is 0 Å². The molecule has 11 rings (SSSR count). The van der Waals surface area contributed by atoms with Gasteiger partial charge in [-0.3, -0.25) is 0 Å². The molecule has 5 aliphatic heterocycles. The SMILES string of the molecule is O=C1[OH+]C2C(O)=C(O)C3=C4C(=O)[OH+]C5C(O)=C(O)C(=C1C5=C42)c1cc(c(O)c(O)c1O)C(=O)OCC1OC(O)C2OC(=O)c4cc(O)c(O)c(O)c4-c4c(cc(O)c(O)c4O)C(=O)OC2C1OC(=O)c1cc(O)c(O)c(O)c13. The Balaban J connectivity index is 1.18. The maximum Gasteiger partial charge on any atom is 0.552 e. The summed E-state index contributed by atoms with van der Waals surface area (Å²) in [6.45, 7) is -1.42. The topological polar surface area (TPSA) is 518 Å². The average Bonchev–Trinajstić information content (AvgIpc) is 3.43. The molecule has 8 bridgehead atoms. The Morgan fingerprint density at radius 3 is 1.31 bits per heavy atom. The fourth-order valence-electron chi connectivity index (χ4n) is 10.1. The molecule has 78 heavy (non-hydrogen) atoms. The average molecular weight is 1090 g/mol. The Morgan fingerprint density at radius 1 is 0.397 bits per heavy atom. The number of hydrogen-bond acceptors (Lipinski definition) is 28. The van der Waals surface area contributed by atoms with Gasteiger partial charge in [-0.1, -0.05) is 0 Å². The van der Waals surface area contributed by atoms with Crippen molar-refractivity contribution in [3.63, 3.8) is 0 Å². The molecular formula is C48H32O30+2. The van der Waals surface area contributed by atoms with E-state index in [0.29, 0.717) is 24.3 Å². The number of allylic oxidation sites excluding steroid dienone is 2. The summed E-state index contributed by atoms with van der Waals surface area (Å²) in [7, 11) is 0. The fraction of sp³-hybridized carbons (Fsp3) is 0.167. The number of aliphatic hydroxyl groups is 7. The molecule has 2 aliphatic carbocycles. The van der Waals surface area contributed by atoms with E-state index in [0.717, 1.165) is 0 Å². The molecular weight excluding hydrogens is 1060 g/mol. The van der Waals surface area contributed by atoms with Gasteiger partial charge in [-0.15, -0.1) is 0 Å². The lowest BCUT2D eigenvalue weighted by Gasteiger charge is -2.43. The number of carbonyl (C=O) groups excluding carboxylic acids is 4. The molecule has 7 aliphatic rings.